The van der Waals surface area contributed by atoms with Crippen LogP contribution in [0.2, 0.25) is 0 Å². The number of hydrogen-bond donors (Lipinski definition) is 1. The minimum atomic E-state index is 0.0320. The third kappa shape index (κ3) is 5.99. The van der Waals surface area contributed by atoms with E-state index in [2.05, 4.69) is 40.6 Å². The molecular formula is C28H33N3O2. The van der Waals surface area contributed by atoms with Gasteiger partial charge in [-0.2, -0.15) is 0 Å². The summed E-state index contributed by atoms with van der Waals surface area (Å²) in [6.07, 6.45) is 9.13. The van der Waals surface area contributed by atoms with Crippen molar-refractivity contribution in [3.05, 3.63) is 78.1 Å². The molecule has 1 aromatic heterocycles. The highest BCUT2D eigenvalue weighted by molar-refractivity contribution is 6.06. The number of carbonyl (C=O) groups is 1. The molecule has 0 radical (unpaired) electrons. The van der Waals surface area contributed by atoms with Crippen LogP contribution in [0.25, 0.3) is 11.1 Å². The van der Waals surface area contributed by atoms with Crippen LogP contribution in [-0.2, 0) is 6.54 Å². The first-order chi connectivity index (χ1) is 16.3. The predicted molar refractivity (Wildman–Crippen MR) is 134 cm³/mol. The molecule has 4 rings (SSSR count). The van der Waals surface area contributed by atoms with Gasteiger partial charge in [0.05, 0.1) is 6.61 Å². The minimum Gasteiger partial charge on any atom is -0.494 e. The molecule has 3 aromatic rings. The Morgan fingerprint density at radius 3 is 2.45 bits per heavy atom. The number of ether oxygens (including phenoxy) is 1. The Bertz CT molecular complexity index is 1030. The predicted octanol–water partition coefficient (Wildman–Crippen LogP) is 5.85. The average molecular weight is 444 g/mol. The zero-order valence-corrected chi connectivity index (χ0v) is 19.4. The molecule has 5 heteroatoms. The van der Waals surface area contributed by atoms with E-state index in [4.69, 9.17) is 4.74 Å². The highest BCUT2D eigenvalue weighted by Crippen LogP contribution is 2.30. The van der Waals surface area contributed by atoms with E-state index in [1.54, 1.807) is 24.5 Å². The van der Waals surface area contributed by atoms with Crippen LogP contribution in [0.3, 0.4) is 0 Å². The number of amides is 1. The van der Waals surface area contributed by atoms with Crippen molar-refractivity contribution in [2.75, 3.05) is 24.6 Å². The molecule has 2 heterocycles. The second kappa shape index (κ2) is 11.6. The molecule has 2 aromatic carbocycles. The number of nitrogens with zero attached hydrogens (tertiary/aromatic N) is 2. The van der Waals surface area contributed by atoms with Crippen LogP contribution in [0.4, 0.5) is 5.69 Å². The molecule has 0 aliphatic carbocycles. The van der Waals surface area contributed by atoms with Crippen molar-refractivity contribution in [2.45, 2.75) is 45.6 Å². The molecule has 0 bridgehead atoms. The summed E-state index contributed by atoms with van der Waals surface area (Å²) in [6.45, 7) is 5.09. The first-order valence-electron chi connectivity index (χ1n) is 12.0. The van der Waals surface area contributed by atoms with Gasteiger partial charge >= 0.3 is 0 Å². The van der Waals surface area contributed by atoms with Gasteiger partial charge in [0.2, 0.25) is 0 Å². The number of benzene rings is 2. The molecule has 33 heavy (non-hydrogen) atoms. The molecule has 0 fully saturated rings. The fraction of sp³-hybridized carbons (Fsp3) is 0.357. The highest BCUT2D eigenvalue weighted by atomic mass is 16.5. The summed E-state index contributed by atoms with van der Waals surface area (Å²) in [5, 5.41) is 3.60. The molecule has 0 saturated carbocycles. The van der Waals surface area contributed by atoms with Crippen molar-refractivity contribution in [3.63, 3.8) is 0 Å². The van der Waals surface area contributed by atoms with Crippen LogP contribution in [0.1, 0.15) is 54.9 Å². The van der Waals surface area contributed by atoms with Crippen molar-refractivity contribution in [3.8, 4) is 16.9 Å². The van der Waals surface area contributed by atoms with Gasteiger partial charge < -0.3 is 15.0 Å². The summed E-state index contributed by atoms with van der Waals surface area (Å²) in [5.41, 5.74) is 5.08. The molecule has 1 N–H and O–H groups in total. The van der Waals surface area contributed by atoms with E-state index in [-0.39, 0.29) is 5.91 Å². The monoisotopic (exact) mass is 443 g/mol. The van der Waals surface area contributed by atoms with Gasteiger partial charge in [0.1, 0.15) is 5.75 Å². The van der Waals surface area contributed by atoms with Crippen molar-refractivity contribution in [1.29, 1.82) is 0 Å². The van der Waals surface area contributed by atoms with E-state index < -0.39 is 0 Å². The van der Waals surface area contributed by atoms with Gasteiger partial charge in [-0.15, -0.1) is 0 Å². The van der Waals surface area contributed by atoms with Crippen LogP contribution >= 0.6 is 0 Å². The van der Waals surface area contributed by atoms with Gasteiger partial charge in [-0.3, -0.25) is 9.78 Å². The van der Waals surface area contributed by atoms with E-state index in [9.17, 15) is 4.79 Å². The quantitative estimate of drug-likeness (QED) is 0.550. The topological polar surface area (TPSA) is 54.5 Å². The van der Waals surface area contributed by atoms with Crippen molar-refractivity contribution in [1.82, 2.24) is 10.3 Å². The zero-order valence-electron chi connectivity index (χ0n) is 19.4. The smallest absolute Gasteiger partial charge is 0.258 e. The summed E-state index contributed by atoms with van der Waals surface area (Å²) < 4.78 is 5.59. The average Bonchev–Trinajstić information content (AvgIpc) is 2.85. The Morgan fingerprint density at radius 2 is 1.67 bits per heavy atom. The fourth-order valence-corrected chi connectivity index (χ4v) is 4.34. The van der Waals surface area contributed by atoms with Gasteiger partial charge in [0.15, 0.2) is 0 Å². The Morgan fingerprint density at radius 1 is 0.939 bits per heavy atom. The number of anilines is 1. The highest BCUT2D eigenvalue weighted by Gasteiger charge is 2.21. The van der Waals surface area contributed by atoms with E-state index in [1.165, 1.54) is 19.3 Å². The summed E-state index contributed by atoms with van der Waals surface area (Å²) in [7, 11) is 0. The number of rotatable bonds is 4. The lowest BCUT2D eigenvalue weighted by atomic mass is 10.00. The molecular weight excluding hydrogens is 410 g/mol. The summed E-state index contributed by atoms with van der Waals surface area (Å²) in [6, 6.07) is 18.2. The first-order valence-corrected chi connectivity index (χ1v) is 12.0. The molecule has 0 atom stereocenters. The van der Waals surface area contributed by atoms with Crippen LogP contribution in [0.5, 0.6) is 5.75 Å². The Kier molecular flexibility index (Phi) is 8.09. The second-order valence-electron chi connectivity index (χ2n) is 8.44. The summed E-state index contributed by atoms with van der Waals surface area (Å²) in [4.78, 5) is 19.5. The molecule has 1 aliphatic heterocycles. The SMILES string of the molecule is CCOc1ccc(-c2ccc3c(c2)CNCCCCCCCN3C(=O)c2ccncc2)cc1. The van der Waals surface area contributed by atoms with Crippen molar-refractivity contribution in [2.24, 2.45) is 0 Å². The number of pyridine rings is 1. The Hall–Kier alpha value is -3.18. The number of carbonyl (C=O) groups excluding carboxylic acids is 1. The molecule has 1 aliphatic rings. The van der Waals surface area contributed by atoms with Crippen molar-refractivity contribution < 1.29 is 9.53 Å². The zero-order chi connectivity index (χ0) is 22.9. The van der Waals surface area contributed by atoms with Gasteiger partial charge in [-0.05, 0) is 79.4 Å². The molecule has 1 amide bonds. The van der Waals surface area contributed by atoms with Crippen LogP contribution in [-0.4, -0.2) is 30.6 Å². The number of fused-ring (bicyclic) bond motifs is 1. The maximum atomic E-state index is 13.5. The van der Waals surface area contributed by atoms with Crippen LogP contribution in [0.15, 0.2) is 67.0 Å². The third-order valence-electron chi connectivity index (χ3n) is 6.09. The van der Waals surface area contributed by atoms with Gasteiger partial charge in [0, 0.05) is 36.7 Å². The largest absolute Gasteiger partial charge is 0.494 e. The summed E-state index contributed by atoms with van der Waals surface area (Å²) >= 11 is 0. The maximum Gasteiger partial charge on any atom is 0.258 e. The summed E-state index contributed by atoms with van der Waals surface area (Å²) in [5.74, 6) is 0.910. The molecule has 0 spiro atoms. The van der Waals surface area contributed by atoms with Gasteiger partial charge in [0.25, 0.3) is 5.91 Å². The van der Waals surface area contributed by atoms with E-state index in [1.807, 2.05) is 24.0 Å². The molecule has 172 valence electrons. The maximum absolute atomic E-state index is 13.5. The Balaban J connectivity index is 1.69. The van der Waals surface area contributed by atoms with E-state index in [0.29, 0.717) is 12.2 Å². The molecule has 0 saturated heterocycles. The van der Waals surface area contributed by atoms with Crippen molar-refractivity contribution >= 4 is 11.6 Å². The fourth-order valence-electron chi connectivity index (χ4n) is 4.34. The second-order valence-corrected chi connectivity index (χ2v) is 8.44. The van der Waals surface area contributed by atoms with E-state index >= 15 is 0 Å². The molecule has 0 unspecified atom stereocenters. The van der Waals surface area contributed by atoms with Crippen LogP contribution < -0.4 is 15.0 Å². The number of aromatic nitrogens is 1. The van der Waals surface area contributed by atoms with Gasteiger partial charge in [-0.25, -0.2) is 0 Å². The minimum absolute atomic E-state index is 0.0320. The molecule has 5 nitrogen and oxygen atoms in total. The third-order valence-corrected chi connectivity index (χ3v) is 6.09. The van der Waals surface area contributed by atoms with Gasteiger partial charge in [-0.1, -0.05) is 37.5 Å². The Labute approximate surface area is 196 Å². The number of nitrogens with one attached hydrogen (secondary N) is 1. The van der Waals surface area contributed by atoms with E-state index in [0.717, 1.165) is 60.6 Å². The standard InChI is InChI=1S/C28H33N3O2/c1-2-33-26-11-8-22(9-12-26)24-10-13-27-25(20-24)21-30-16-6-4-3-5-7-19-31(27)28(32)23-14-17-29-18-15-23/h8-15,17-18,20,30H,2-7,16,19,21H2,1H3. The first kappa shape index (κ1) is 23.0. The normalized spacial score (nSPS) is 15.1. The van der Waals surface area contributed by atoms with Crippen LogP contribution in [0, 0.1) is 0 Å². The lowest BCUT2D eigenvalue weighted by Gasteiger charge is -2.27. The lowest BCUT2D eigenvalue weighted by Crippen LogP contribution is -2.33. The lowest BCUT2D eigenvalue weighted by molar-refractivity contribution is 0.0986. The number of hydrogen-bond acceptors (Lipinski definition) is 4.